The minimum absolute atomic E-state index is 0.132. The summed E-state index contributed by atoms with van der Waals surface area (Å²) in [5.41, 5.74) is 4.35. The van der Waals surface area contributed by atoms with E-state index >= 15 is 0 Å². The first-order valence-electron chi connectivity index (χ1n) is 13.5. The molecule has 1 atom stereocenters. The van der Waals surface area contributed by atoms with Crippen LogP contribution in [0.25, 0.3) is 21.8 Å². The number of fused-ring (bicyclic) bond motifs is 2. The van der Waals surface area contributed by atoms with E-state index in [-0.39, 0.29) is 5.91 Å². The molecule has 2 aromatic carbocycles. The molecule has 4 heterocycles. The number of piperidine rings is 2. The second-order valence-corrected chi connectivity index (χ2v) is 10.5. The van der Waals surface area contributed by atoms with Crippen LogP contribution in [0.5, 0.6) is 5.75 Å². The third-order valence-electron chi connectivity index (χ3n) is 8.38. The summed E-state index contributed by atoms with van der Waals surface area (Å²) in [5, 5.41) is 2.42. The van der Waals surface area contributed by atoms with Crippen LogP contribution in [0.3, 0.4) is 0 Å². The van der Waals surface area contributed by atoms with Gasteiger partial charge in [-0.05, 0) is 87.4 Å². The summed E-state index contributed by atoms with van der Waals surface area (Å²) in [6.07, 6.45) is 9.08. The molecule has 6 nitrogen and oxygen atoms in total. The minimum atomic E-state index is 0.132. The number of hydrogen-bond acceptors (Lipinski definition) is 3. The molecule has 1 amide bonds. The number of H-pyrrole nitrogens is 2. The number of carbonyl (C=O) groups excluding carboxylic acids is 1. The fourth-order valence-corrected chi connectivity index (χ4v) is 6.30. The average Bonchev–Trinajstić information content (AvgIpc) is 3.56. The SMILES string of the molecule is COc1ccc2cc(C(=O)N3CCCCC3CCN3CCC(c4c[nH]c5ccccc45)CC3)[nH]c2c1. The van der Waals surface area contributed by atoms with E-state index in [0.29, 0.717) is 17.7 Å². The van der Waals surface area contributed by atoms with Gasteiger partial charge in [0.15, 0.2) is 0 Å². The Balaban J connectivity index is 1.07. The van der Waals surface area contributed by atoms with E-state index < -0.39 is 0 Å². The van der Waals surface area contributed by atoms with Crippen LogP contribution in [-0.4, -0.2) is 65.0 Å². The van der Waals surface area contributed by atoms with Crippen molar-refractivity contribution in [1.29, 1.82) is 0 Å². The molecule has 2 fully saturated rings. The molecule has 0 spiro atoms. The summed E-state index contributed by atoms with van der Waals surface area (Å²) in [5.74, 6) is 1.56. The van der Waals surface area contributed by atoms with E-state index in [4.69, 9.17) is 4.74 Å². The van der Waals surface area contributed by atoms with Crippen molar-refractivity contribution in [3.05, 3.63) is 66.0 Å². The van der Waals surface area contributed by atoms with Gasteiger partial charge in [-0.1, -0.05) is 18.2 Å². The van der Waals surface area contributed by atoms with Crippen LogP contribution in [0.15, 0.2) is 54.7 Å². The van der Waals surface area contributed by atoms with Gasteiger partial charge in [0.05, 0.1) is 7.11 Å². The number of aromatic amines is 2. The lowest BCUT2D eigenvalue weighted by atomic mass is 9.89. The topological polar surface area (TPSA) is 64.4 Å². The van der Waals surface area contributed by atoms with Crippen molar-refractivity contribution in [3.8, 4) is 5.75 Å². The predicted molar refractivity (Wildman–Crippen MR) is 145 cm³/mol. The molecule has 2 aromatic heterocycles. The van der Waals surface area contributed by atoms with Gasteiger partial charge in [-0.2, -0.15) is 0 Å². The fraction of sp³-hybridized carbons (Fsp3) is 0.433. The van der Waals surface area contributed by atoms with Gasteiger partial charge in [0.1, 0.15) is 11.4 Å². The van der Waals surface area contributed by atoms with Crippen molar-refractivity contribution in [2.24, 2.45) is 0 Å². The molecule has 2 saturated heterocycles. The highest BCUT2D eigenvalue weighted by atomic mass is 16.5. The number of nitrogens with one attached hydrogen (secondary N) is 2. The smallest absolute Gasteiger partial charge is 0.270 e. The number of rotatable bonds is 6. The van der Waals surface area contributed by atoms with Crippen LogP contribution in [0.1, 0.15) is 60.5 Å². The maximum Gasteiger partial charge on any atom is 0.270 e. The standard InChI is InChI=1S/C30H36N4O2/c1-36-24-10-9-22-18-29(32-28(22)19-24)30(35)34-14-5-4-6-23(34)13-17-33-15-11-21(12-16-33)26-20-31-27-8-3-2-7-25(26)27/h2-3,7-10,18-21,23,31-32H,4-6,11-17H2,1H3. The normalized spacial score (nSPS) is 19.8. The Morgan fingerprint density at radius 1 is 1.00 bits per heavy atom. The highest BCUT2D eigenvalue weighted by Crippen LogP contribution is 2.33. The van der Waals surface area contributed by atoms with Crippen molar-refractivity contribution in [2.45, 2.75) is 50.5 Å². The third-order valence-corrected chi connectivity index (χ3v) is 8.38. The number of nitrogens with zero attached hydrogens (tertiary/aromatic N) is 2. The number of benzene rings is 2. The molecule has 6 heteroatoms. The summed E-state index contributed by atoms with van der Waals surface area (Å²) in [6, 6.07) is 16.9. The molecule has 0 saturated carbocycles. The number of ether oxygens (including phenoxy) is 1. The van der Waals surface area contributed by atoms with Gasteiger partial charge in [0.2, 0.25) is 0 Å². The van der Waals surface area contributed by atoms with Gasteiger partial charge in [-0.15, -0.1) is 0 Å². The van der Waals surface area contributed by atoms with Crippen molar-refractivity contribution in [1.82, 2.24) is 19.8 Å². The summed E-state index contributed by atoms with van der Waals surface area (Å²) in [4.78, 5) is 25.0. The number of para-hydroxylation sites is 1. The first-order chi connectivity index (χ1) is 17.7. The Kier molecular flexibility index (Phi) is 6.45. The molecule has 2 aliphatic heterocycles. The lowest BCUT2D eigenvalue weighted by Gasteiger charge is -2.38. The lowest BCUT2D eigenvalue weighted by molar-refractivity contribution is 0.0573. The largest absolute Gasteiger partial charge is 0.497 e. The van der Waals surface area contributed by atoms with E-state index in [0.717, 1.165) is 62.1 Å². The van der Waals surface area contributed by atoms with E-state index in [1.807, 2.05) is 24.3 Å². The first kappa shape index (κ1) is 23.2. The molecular formula is C30H36N4O2. The van der Waals surface area contributed by atoms with Crippen LogP contribution in [0, 0.1) is 0 Å². The Morgan fingerprint density at radius 2 is 1.86 bits per heavy atom. The van der Waals surface area contributed by atoms with Crippen molar-refractivity contribution in [3.63, 3.8) is 0 Å². The molecule has 2 aliphatic rings. The number of amides is 1. The molecule has 1 unspecified atom stereocenters. The van der Waals surface area contributed by atoms with E-state index in [2.05, 4.69) is 50.2 Å². The summed E-state index contributed by atoms with van der Waals surface area (Å²) < 4.78 is 5.34. The zero-order valence-corrected chi connectivity index (χ0v) is 21.1. The van der Waals surface area contributed by atoms with E-state index in [1.165, 1.54) is 35.7 Å². The summed E-state index contributed by atoms with van der Waals surface area (Å²) in [7, 11) is 1.67. The van der Waals surface area contributed by atoms with Crippen molar-refractivity contribution >= 4 is 27.7 Å². The monoisotopic (exact) mass is 484 g/mol. The van der Waals surface area contributed by atoms with Crippen LogP contribution < -0.4 is 4.74 Å². The Hall–Kier alpha value is -3.25. The Bertz CT molecular complexity index is 1350. The maximum absolute atomic E-state index is 13.5. The molecule has 188 valence electrons. The van der Waals surface area contributed by atoms with Crippen LogP contribution in [-0.2, 0) is 0 Å². The minimum Gasteiger partial charge on any atom is -0.497 e. The second kappa shape index (κ2) is 10.0. The number of hydrogen-bond donors (Lipinski definition) is 2. The summed E-state index contributed by atoms with van der Waals surface area (Å²) in [6.45, 7) is 4.19. The highest BCUT2D eigenvalue weighted by Gasteiger charge is 2.30. The fourth-order valence-electron chi connectivity index (χ4n) is 6.30. The number of methoxy groups -OCH3 is 1. The average molecular weight is 485 g/mol. The molecule has 0 radical (unpaired) electrons. The maximum atomic E-state index is 13.5. The molecule has 36 heavy (non-hydrogen) atoms. The van der Waals surface area contributed by atoms with Gasteiger partial charge in [-0.25, -0.2) is 0 Å². The van der Waals surface area contributed by atoms with Crippen LogP contribution in [0.2, 0.25) is 0 Å². The zero-order valence-electron chi connectivity index (χ0n) is 21.1. The number of aromatic nitrogens is 2. The third kappa shape index (κ3) is 4.50. The van der Waals surface area contributed by atoms with Gasteiger partial charge in [-0.3, -0.25) is 4.79 Å². The van der Waals surface area contributed by atoms with Crippen molar-refractivity contribution in [2.75, 3.05) is 33.3 Å². The molecular weight excluding hydrogens is 448 g/mol. The second-order valence-electron chi connectivity index (χ2n) is 10.5. The predicted octanol–water partition coefficient (Wildman–Crippen LogP) is 5.92. The van der Waals surface area contributed by atoms with E-state index in [9.17, 15) is 4.79 Å². The highest BCUT2D eigenvalue weighted by molar-refractivity contribution is 5.98. The lowest BCUT2D eigenvalue weighted by Crippen LogP contribution is -2.46. The zero-order chi connectivity index (χ0) is 24.5. The first-order valence-corrected chi connectivity index (χ1v) is 13.5. The molecule has 0 aliphatic carbocycles. The quantitative estimate of drug-likeness (QED) is 0.357. The molecule has 2 N–H and O–H groups in total. The Morgan fingerprint density at radius 3 is 2.72 bits per heavy atom. The summed E-state index contributed by atoms with van der Waals surface area (Å²) >= 11 is 0. The number of carbonyl (C=O) groups is 1. The van der Waals surface area contributed by atoms with Crippen molar-refractivity contribution < 1.29 is 9.53 Å². The molecule has 6 rings (SSSR count). The van der Waals surface area contributed by atoms with Crippen LogP contribution >= 0.6 is 0 Å². The van der Waals surface area contributed by atoms with Gasteiger partial charge >= 0.3 is 0 Å². The van der Waals surface area contributed by atoms with Crippen LogP contribution in [0.4, 0.5) is 0 Å². The van der Waals surface area contributed by atoms with E-state index in [1.54, 1.807) is 7.11 Å². The number of likely N-dealkylation sites (tertiary alicyclic amines) is 2. The van der Waals surface area contributed by atoms with Gasteiger partial charge in [0, 0.05) is 53.2 Å². The van der Waals surface area contributed by atoms with Gasteiger partial charge < -0.3 is 24.5 Å². The van der Waals surface area contributed by atoms with Gasteiger partial charge in [0.25, 0.3) is 5.91 Å². The Labute approximate surface area is 212 Å². The molecule has 4 aromatic rings. The molecule has 0 bridgehead atoms.